The number of halogens is 3. The summed E-state index contributed by atoms with van der Waals surface area (Å²) in [6.45, 7) is -0.0697. The Kier molecular flexibility index (Phi) is 10.9. The molecular weight excluding hydrogens is 664 g/mol. The molecule has 4 aromatic rings. The molecule has 0 aromatic heterocycles. The molecule has 0 aliphatic carbocycles. The summed E-state index contributed by atoms with van der Waals surface area (Å²) in [5, 5.41) is 2.79. The van der Waals surface area contributed by atoms with Crippen molar-refractivity contribution >= 4 is 35.7 Å². The lowest BCUT2D eigenvalue weighted by Gasteiger charge is -2.52. The van der Waals surface area contributed by atoms with Crippen molar-refractivity contribution in [1.82, 2.24) is 15.1 Å². The highest BCUT2D eigenvalue weighted by Gasteiger charge is 2.57. The minimum atomic E-state index is -4.52. The van der Waals surface area contributed by atoms with E-state index in [-0.39, 0.29) is 25.1 Å². The third kappa shape index (κ3) is 8.05. The number of nitrogens with one attached hydrogen (secondary N) is 1. The molecule has 1 unspecified atom stereocenters. The number of carbonyl (C=O) groups is 3. The summed E-state index contributed by atoms with van der Waals surface area (Å²) in [6, 6.07) is 30.4. The van der Waals surface area contributed by atoms with Gasteiger partial charge in [-0.25, -0.2) is 4.79 Å². The number of thioether (sulfide) groups is 1. The summed E-state index contributed by atoms with van der Waals surface area (Å²) in [4.78, 5) is 44.4. The first-order chi connectivity index (χ1) is 24.2. The second kappa shape index (κ2) is 15.7. The fourth-order valence-corrected chi connectivity index (χ4v) is 7.29. The van der Waals surface area contributed by atoms with Crippen LogP contribution in [0.5, 0.6) is 0 Å². The first-order valence-electron chi connectivity index (χ1n) is 16.3. The van der Waals surface area contributed by atoms with E-state index >= 15 is 0 Å². The maximum absolute atomic E-state index is 14.3. The zero-order valence-corrected chi connectivity index (χ0v) is 27.9. The molecule has 0 radical (unpaired) electrons. The monoisotopic (exact) mass is 699 g/mol. The second-order valence-electron chi connectivity index (χ2n) is 12.1. The highest BCUT2D eigenvalue weighted by molar-refractivity contribution is 7.98. The molecule has 2 aliphatic rings. The minimum Gasteiger partial charge on any atom is -0.447 e. The number of rotatable bonds is 13. The SMILES string of the molecule is O=C(NCc1cccc(C(F)(F)F)c1)C(CCSCc1ccccc1)N1C(=O)[C@@H](N2C(=O)OC[C@@H]2c2ccccc2)[C@H]1/C=C/c1ccccc1. The molecule has 7 nitrogen and oxygen atoms in total. The van der Waals surface area contributed by atoms with Crippen LogP contribution in [0.1, 0.15) is 40.3 Å². The summed E-state index contributed by atoms with van der Waals surface area (Å²) < 4.78 is 45.6. The van der Waals surface area contributed by atoms with E-state index in [9.17, 15) is 27.6 Å². The molecule has 0 spiro atoms. The van der Waals surface area contributed by atoms with Gasteiger partial charge in [0, 0.05) is 12.3 Å². The Bertz CT molecular complexity index is 1810. The molecule has 4 aromatic carbocycles. The van der Waals surface area contributed by atoms with Crippen molar-refractivity contribution in [3.8, 4) is 0 Å². The molecule has 258 valence electrons. The van der Waals surface area contributed by atoms with Gasteiger partial charge in [-0.05, 0) is 46.6 Å². The highest BCUT2D eigenvalue weighted by atomic mass is 32.2. The van der Waals surface area contributed by atoms with Crippen LogP contribution in [0, 0.1) is 0 Å². The molecule has 1 N–H and O–H groups in total. The maximum Gasteiger partial charge on any atom is 0.416 e. The number of amides is 3. The Labute approximate surface area is 293 Å². The van der Waals surface area contributed by atoms with Crippen molar-refractivity contribution in [2.45, 2.75) is 49.1 Å². The van der Waals surface area contributed by atoms with Gasteiger partial charge in [0.15, 0.2) is 0 Å². The van der Waals surface area contributed by atoms with Crippen molar-refractivity contribution in [3.63, 3.8) is 0 Å². The lowest BCUT2D eigenvalue weighted by atomic mass is 9.87. The number of nitrogens with zero attached hydrogens (tertiary/aromatic N) is 2. The molecule has 3 amide bonds. The summed E-state index contributed by atoms with van der Waals surface area (Å²) in [5.41, 5.74) is 2.28. The van der Waals surface area contributed by atoms with Gasteiger partial charge in [0.2, 0.25) is 11.8 Å². The number of carbonyl (C=O) groups excluding carboxylic acids is 3. The Morgan fingerprint density at radius 1 is 0.900 bits per heavy atom. The van der Waals surface area contributed by atoms with Gasteiger partial charge < -0.3 is 15.0 Å². The third-order valence-corrected chi connectivity index (χ3v) is 9.90. The Balaban J connectivity index is 1.28. The number of likely N-dealkylation sites (tertiary alicyclic amines) is 1. The molecule has 2 fully saturated rings. The van der Waals surface area contributed by atoms with Crippen LogP contribution in [0.2, 0.25) is 0 Å². The number of cyclic esters (lactones) is 1. The Morgan fingerprint density at radius 3 is 2.26 bits per heavy atom. The van der Waals surface area contributed by atoms with Crippen LogP contribution in [0.25, 0.3) is 6.08 Å². The van der Waals surface area contributed by atoms with Crippen LogP contribution >= 0.6 is 11.8 Å². The number of β-lactam (4-membered cyclic amide) rings is 1. The van der Waals surface area contributed by atoms with Gasteiger partial charge in [-0.15, -0.1) is 0 Å². The molecule has 6 rings (SSSR count). The molecule has 2 aliphatic heterocycles. The van der Waals surface area contributed by atoms with E-state index in [1.807, 2.05) is 103 Å². The highest BCUT2D eigenvalue weighted by Crippen LogP contribution is 2.39. The Hall–Kier alpha value is -5.03. The van der Waals surface area contributed by atoms with Gasteiger partial charge >= 0.3 is 12.3 Å². The predicted octanol–water partition coefficient (Wildman–Crippen LogP) is 7.50. The van der Waals surface area contributed by atoms with Crippen LogP contribution in [0.4, 0.5) is 18.0 Å². The number of hydrogen-bond acceptors (Lipinski definition) is 5. The zero-order valence-electron chi connectivity index (χ0n) is 27.0. The summed E-state index contributed by atoms with van der Waals surface area (Å²) in [7, 11) is 0. The fourth-order valence-electron chi connectivity index (χ4n) is 6.32. The molecule has 0 saturated carbocycles. The quantitative estimate of drug-likeness (QED) is 0.116. The van der Waals surface area contributed by atoms with Crippen LogP contribution in [-0.4, -0.2) is 58.2 Å². The summed E-state index contributed by atoms with van der Waals surface area (Å²) in [5.74, 6) is 0.334. The van der Waals surface area contributed by atoms with Crippen LogP contribution < -0.4 is 5.32 Å². The molecule has 0 bridgehead atoms. The number of benzene rings is 4. The standard InChI is InChI=1S/C39H36F3N3O4S/c40-39(41,42)31-18-10-15-29(23-31)24-43-36(46)33(21-22-50-26-28-13-6-2-7-14-28)44-32(20-19-27-11-4-1-5-12-27)35(37(44)47)45-34(25-49-38(45)48)30-16-8-3-9-17-30/h1-20,23,32-35H,21-22,24-26H2,(H,43,46)/b20-19+/t32-,33?,34-,35+/m1/s1. The largest absolute Gasteiger partial charge is 0.447 e. The minimum absolute atomic E-state index is 0.0821. The van der Waals surface area contributed by atoms with Gasteiger partial charge in [-0.3, -0.25) is 14.5 Å². The number of hydrogen-bond donors (Lipinski definition) is 1. The normalized spacial score (nSPS) is 19.7. The summed E-state index contributed by atoms with van der Waals surface area (Å²) in [6.07, 6.45) is -1.16. The molecule has 50 heavy (non-hydrogen) atoms. The van der Waals surface area contributed by atoms with Crippen molar-refractivity contribution in [2.24, 2.45) is 0 Å². The molecule has 11 heteroatoms. The van der Waals surface area contributed by atoms with E-state index < -0.39 is 53.8 Å². The van der Waals surface area contributed by atoms with E-state index in [0.717, 1.165) is 28.8 Å². The smallest absolute Gasteiger partial charge is 0.416 e. The number of ether oxygens (including phenoxy) is 1. The first kappa shape index (κ1) is 34.8. The zero-order chi connectivity index (χ0) is 35.1. The average Bonchev–Trinajstić information content (AvgIpc) is 3.51. The van der Waals surface area contributed by atoms with E-state index in [4.69, 9.17) is 4.74 Å². The lowest BCUT2D eigenvalue weighted by Crippen LogP contribution is -2.74. The van der Waals surface area contributed by atoms with Gasteiger partial charge in [-0.2, -0.15) is 24.9 Å². The Morgan fingerprint density at radius 2 is 1.56 bits per heavy atom. The van der Waals surface area contributed by atoms with Crippen molar-refractivity contribution in [1.29, 1.82) is 0 Å². The van der Waals surface area contributed by atoms with Gasteiger partial charge in [0.1, 0.15) is 18.7 Å². The third-order valence-electron chi connectivity index (χ3n) is 8.84. The van der Waals surface area contributed by atoms with Crippen LogP contribution in [-0.2, 0) is 32.8 Å². The van der Waals surface area contributed by atoms with Crippen molar-refractivity contribution in [2.75, 3.05) is 12.4 Å². The van der Waals surface area contributed by atoms with E-state index in [2.05, 4.69) is 5.32 Å². The van der Waals surface area contributed by atoms with Gasteiger partial charge in [0.25, 0.3) is 0 Å². The average molecular weight is 700 g/mol. The van der Waals surface area contributed by atoms with Crippen LogP contribution in [0.3, 0.4) is 0 Å². The molecular formula is C39H36F3N3O4S. The predicted molar refractivity (Wildman–Crippen MR) is 187 cm³/mol. The van der Waals surface area contributed by atoms with Gasteiger partial charge in [0.05, 0.1) is 17.6 Å². The topological polar surface area (TPSA) is 79.0 Å². The van der Waals surface area contributed by atoms with Crippen molar-refractivity contribution in [3.05, 3.63) is 149 Å². The number of alkyl halides is 3. The lowest BCUT2D eigenvalue weighted by molar-refractivity contribution is -0.162. The molecule has 2 saturated heterocycles. The maximum atomic E-state index is 14.3. The molecule has 4 atom stereocenters. The van der Waals surface area contributed by atoms with Gasteiger partial charge in [-0.1, -0.05) is 115 Å². The first-order valence-corrected chi connectivity index (χ1v) is 17.5. The summed E-state index contributed by atoms with van der Waals surface area (Å²) >= 11 is 1.61. The van der Waals surface area contributed by atoms with E-state index in [1.54, 1.807) is 11.8 Å². The van der Waals surface area contributed by atoms with E-state index in [0.29, 0.717) is 11.5 Å². The molecule has 2 heterocycles. The van der Waals surface area contributed by atoms with E-state index in [1.165, 1.54) is 21.9 Å². The fraction of sp³-hybridized carbons (Fsp3) is 0.256. The van der Waals surface area contributed by atoms with Crippen LogP contribution in [0.15, 0.2) is 121 Å². The van der Waals surface area contributed by atoms with Crippen molar-refractivity contribution < 1.29 is 32.3 Å². The second-order valence-corrected chi connectivity index (χ2v) is 13.2.